The molecule has 0 aromatic heterocycles. The Balaban J connectivity index is 4.99. The molecule has 0 saturated heterocycles. The van der Waals surface area contributed by atoms with Crippen molar-refractivity contribution in [3.05, 3.63) is 0 Å². The highest BCUT2D eigenvalue weighted by molar-refractivity contribution is 5.85. The fourth-order valence-corrected chi connectivity index (χ4v) is 3.57. The molecule has 0 atom stereocenters. The molecule has 0 aromatic rings. The molecule has 0 radical (unpaired) electrons. The summed E-state index contributed by atoms with van der Waals surface area (Å²) in [7, 11) is 1.94. The standard InChI is InChI=1S/C19H38N2O2/c1-14(22)17(4,5)12-18(6,7)15(23)21-19(8,9)11-16(2,3)13-20-10/h20H,11-13H2,1-10H3,(H,21,23). The molecule has 0 heterocycles. The zero-order valence-electron chi connectivity index (χ0n) is 16.9. The Kier molecular flexibility index (Phi) is 7.04. The van der Waals surface area contributed by atoms with Crippen LogP contribution in [0.3, 0.4) is 0 Å². The van der Waals surface area contributed by atoms with E-state index in [-0.39, 0.29) is 22.6 Å². The van der Waals surface area contributed by atoms with Crippen LogP contribution in [0, 0.1) is 16.2 Å². The molecule has 1 amide bonds. The van der Waals surface area contributed by atoms with Crippen LogP contribution in [0.2, 0.25) is 0 Å². The first-order chi connectivity index (χ1) is 10.0. The van der Waals surface area contributed by atoms with Crippen LogP contribution in [-0.4, -0.2) is 30.8 Å². The van der Waals surface area contributed by atoms with Gasteiger partial charge in [0.15, 0.2) is 0 Å². The summed E-state index contributed by atoms with van der Waals surface area (Å²) < 4.78 is 0. The number of amides is 1. The first-order valence-corrected chi connectivity index (χ1v) is 8.53. The van der Waals surface area contributed by atoms with Gasteiger partial charge in [-0.1, -0.05) is 41.5 Å². The van der Waals surface area contributed by atoms with Gasteiger partial charge >= 0.3 is 0 Å². The van der Waals surface area contributed by atoms with E-state index in [0.29, 0.717) is 6.42 Å². The Labute approximate surface area is 143 Å². The molecule has 0 aromatic carbocycles. The van der Waals surface area contributed by atoms with E-state index in [2.05, 4.69) is 38.3 Å². The second-order valence-electron chi connectivity index (χ2n) is 9.71. The number of hydrogen-bond acceptors (Lipinski definition) is 3. The molecule has 4 heteroatoms. The van der Waals surface area contributed by atoms with Gasteiger partial charge in [0, 0.05) is 22.9 Å². The van der Waals surface area contributed by atoms with Crippen molar-refractivity contribution >= 4 is 11.7 Å². The number of carbonyl (C=O) groups is 2. The number of rotatable bonds is 9. The Hall–Kier alpha value is -0.900. The van der Waals surface area contributed by atoms with Gasteiger partial charge in [-0.25, -0.2) is 0 Å². The molecule has 0 aliphatic carbocycles. The summed E-state index contributed by atoms with van der Waals surface area (Å²) in [4.78, 5) is 24.6. The molecule has 0 aliphatic heterocycles. The molecule has 0 rings (SSSR count). The third kappa shape index (κ3) is 7.47. The second kappa shape index (κ2) is 7.33. The van der Waals surface area contributed by atoms with Gasteiger partial charge in [-0.15, -0.1) is 0 Å². The predicted molar refractivity (Wildman–Crippen MR) is 97.4 cm³/mol. The zero-order valence-corrected chi connectivity index (χ0v) is 16.9. The molecular weight excluding hydrogens is 288 g/mol. The van der Waals surface area contributed by atoms with Crippen molar-refractivity contribution < 1.29 is 9.59 Å². The smallest absolute Gasteiger partial charge is 0.226 e. The first-order valence-electron chi connectivity index (χ1n) is 8.53. The average molecular weight is 327 g/mol. The number of hydrogen-bond donors (Lipinski definition) is 2. The van der Waals surface area contributed by atoms with E-state index in [1.54, 1.807) is 6.92 Å². The summed E-state index contributed by atoms with van der Waals surface area (Å²) in [6.45, 7) is 18.7. The Morgan fingerprint density at radius 2 is 1.30 bits per heavy atom. The quantitative estimate of drug-likeness (QED) is 0.681. The zero-order chi connectivity index (χ0) is 18.7. The van der Waals surface area contributed by atoms with Gasteiger partial charge in [0.2, 0.25) is 5.91 Å². The van der Waals surface area contributed by atoms with Crippen LogP contribution < -0.4 is 10.6 Å². The number of ketones is 1. The highest BCUT2D eigenvalue weighted by Gasteiger charge is 2.39. The van der Waals surface area contributed by atoms with Crippen molar-refractivity contribution in [2.24, 2.45) is 16.2 Å². The SMILES string of the molecule is CNCC(C)(C)CC(C)(C)NC(=O)C(C)(C)CC(C)(C)C(C)=O. The van der Waals surface area contributed by atoms with Crippen LogP contribution in [-0.2, 0) is 9.59 Å². The van der Waals surface area contributed by atoms with E-state index in [4.69, 9.17) is 0 Å². The molecule has 23 heavy (non-hydrogen) atoms. The summed E-state index contributed by atoms with van der Waals surface area (Å²) in [5.41, 5.74) is -1.28. The third-order valence-corrected chi connectivity index (χ3v) is 4.48. The first kappa shape index (κ1) is 22.1. The van der Waals surface area contributed by atoms with E-state index in [1.807, 2.05) is 34.7 Å². The third-order valence-electron chi connectivity index (χ3n) is 4.48. The number of carbonyl (C=O) groups excluding carboxylic acids is 2. The minimum absolute atomic E-state index is 0.0112. The molecule has 2 N–H and O–H groups in total. The summed E-state index contributed by atoms with van der Waals surface area (Å²) in [6, 6.07) is 0. The summed E-state index contributed by atoms with van der Waals surface area (Å²) >= 11 is 0. The van der Waals surface area contributed by atoms with Crippen LogP contribution in [0.5, 0.6) is 0 Å². The van der Waals surface area contributed by atoms with E-state index in [0.717, 1.165) is 13.0 Å². The van der Waals surface area contributed by atoms with Gasteiger partial charge in [-0.2, -0.15) is 0 Å². The lowest BCUT2D eigenvalue weighted by Gasteiger charge is -2.39. The minimum atomic E-state index is -0.584. The van der Waals surface area contributed by atoms with Gasteiger partial charge in [0.05, 0.1) is 0 Å². The molecule has 0 spiro atoms. The highest BCUT2D eigenvalue weighted by atomic mass is 16.2. The molecule has 136 valence electrons. The fourth-order valence-electron chi connectivity index (χ4n) is 3.57. The molecule has 0 bridgehead atoms. The average Bonchev–Trinajstić information content (AvgIpc) is 2.24. The van der Waals surface area contributed by atoms with Gasteiger partial charge in [-0.3, -0.25) is 9.59 Å². The molecule has 0 fully saturated rings. The van der Waals surface area contributed by atoms with Crippen LogP contribution >= 0.6 is 0 Å². The van der Waals surface area contributed by atoms with Crippen molar-refractivity contribution in [3.8, 4) is 0 Å². The van der Waals surface area contributed by atoms with Gasteiger partial charge < -0.3 is 10.6 Å². The van der Waals surface area contributed by atoms with Crippen LogP contribution in [0.25, 0.3) is 0 Å². The summed E-state index contributed by atoms with van der Waals surface area (Å²) in [5, 5.41) is 6.40. The second-order valence-corrected chi connectivity index (χ2v) is 9.71. The van der Waals surface area contributed by atoms with Crippen LogP contribution in [0.15, 0.2) is 0 Å². The predicted octanol–water partition coefficient (Wildman–Crippen LogP) is 3.55. The van der Waals surface area contributed by atoms with E-state index in [1.165, 1.54) is 0 Å². The molecule has 4 nitrogen and oxygen atoms in total. The van der Waals surface area contributed by atoms with E-state index < -0.39 is 10.8 Å². The van der Waals surface area contributed by atoms with E-state index >= 15 is 0 Å². The van der Waals surface area contributed by atoms with Crippen molar-refractivity contribution in [1.82, 2.24) is 10.6 Å². The number of Topliss-reactive ketones (excluding diaryl/α,β-unsaturated/α-hetero) is 1. The Morgan fingerprint density at radius 3 is 1.70 bits per heavy atom. The molecule has 0 unspecified atom stereocenters. The Bertz CT molecular complexity index is 435. The van der Waals surface area contributed by atoms with Gasteiger partial charge in [0.25, 0.3) is 0 Å². The minimum Gasteiger partial charge on any atom is -0.351 e. The van der Waals surface area contributed by atoms with E-state index in [9.17, 15) is 9.59 Å². The summed E-state index contributed by atoms with van der Waals surface area (Å²) in [6.07, 6.45) is 1.41. The fraction of sp³-hybridized carbons (Fsp3) is 0.895. The van der Waals surface area contributed by atoms with Gasteiger partial charge in [-0.05, 0) is 46.1 Å². The maximum Gasteiger partial charge on any atom is 0.226 e. The van der Waals surface area contributed by atoms with Crippen molar-refractivity contribution in [2.45, 2.75) is 80.7 Å². The van der Waals surface area contributed by atoms with Crippen LogP contribution in [0.1, 0.15) is 75.2 Å². The lowest BCUT2D eigenvalue weighted by atomic mass is 9.72. The Morgan fingerprint density at radius 1 is 0.826 bits per heavy atom. The van der Waals surface area contributed by atoms with Crippen molar-refractivity contribution in [3.63, 3.8) is 0 Å². The van der Waals surface area contributed by atoms with Gasteiger partial charge in [0.1, 0.15) is 5.78 Å². The normalized spacial score (nSPS) is 13.8. The summed E-state index contributed by atoms with van der Waals surface area (Å²) in [5.74, 6) is 0.130. The highest BCUT2D eigenvalue weighted by Crippen LogP contribution is 2.35. The lowest BCUT2D eigenvalue weighted by Crippen LogP contribution is -2.52. The van der Waals surface area contributed by atoms with Crippen molar-refractivity contribution in [2.75, 3.05) is 13.6 Å². The van der Waals surface area contributed by atoms with Crippen molar-refractivity contribution in [1.29, 1.82) is 0 Å². The van der Waals surface area contributed by atoms with Crippen LogP contribution in [0.4, 0.5) is 0 Å². The monoisotopic (exact) mass is 326 g/mol. The lowest BCUT2D eigenvalue weighted by molar-refractivity contribution is -0.135. The maximum atomic E-state index is 12.8. The molecular formula is C19H38N2O2. The number of nitrogens with one attached hydrogen (secondary N) is 2. The topological polar surface area (TPSA) is 58.2 Å². The molecule has 0 saturated carbocycles. The maximum absolute atomic E-state index is 12.8. The molecule has 0 aliphatic rings. The largest absolute Gasteiger partial charge is 0.351 e.